The van der Waals surface area contributed by atoms with Crippen LogP contribution in [-0.4, -0.2) is 14.2 Å². The van der Waals surface area contributed by atoms with Crippen LogP contribution < -0.4 is 0 Å². The minimum absolute atomic E-state index is 0.292. The Morgan fingerprint density at radius 2 is 1.78 bits per heavy atom. The van der Waals surface area contributed by atoms with Crippen LogP contribution >= 0.6 is 7.82 Å². The molecule has 0 heterocycles. The Labute approximate surface area is 135 Å². The summed E-state index contributed by atoms with van der Waals surface area (Å²) in [6, 6.07) is 18.3. The van der Waals surface area contributed by atoms with Crippen LogP contribution in [0.25, 0.3) is 11.8 Å². The Kier molecular flexibility index (Phi) is 5.72. The Balaban J connectivity index is 2.49. The SMILES string of the molecule is COP(=O)(OC)OC(=Cc1ccccc1)c1cccc(C#N)c1. The second kappa shape index (κ2) is 7.75. The highest BCUT2D eigenvalue weighted by Crippen LogP contribution is 2.51. The highest BCUT2D eigenvalue weighted by Gasteiger charge is 2.26. The summed E-state index contributed by atoms with van der Waals surface area (Å²) in [4.78, 5) is 0. The van der Waals surface area contributed by atoms with Crippen molar-refractivity contribution in [2.75, 3.05) is 14.2 Å². The van der Waals surface area contributed by atoms with Gasteiger partial charge in [0.1, 0.15) is 5.76 Å². The lowest BCUT2D eigenvalue weighted by molar-refractivity contribution is 0.201. The third kappa shape index (κ3) is 4.54. The van der Waals surface area contributed by atoms with Gasteiger partial charge in [0.2, 0.25) is 0 Å². The van der Waals surface area contributed by atoms with Gasteiger partial charge in [0.15, 0.2) is 0 Å². The van der Waals surface area contributed by atoms with Crippen molar-refractivity contribution in [3.63, 3.8) is 0 Å². The summed E-state index contributed by atoms with van der Waals surface area (Å²) in [6.07, 6.45) is 1.71. The van der Waals surface area contributed by atoms with Crippen LogP contribution in [-0.2, 0) is 18.1 Å². The lowest BCUT2D eigenvalue weighted by Gasteiger charge is -2.17. The van der Waals surface area contributed by atoms with Crippen molar-refractivity contribution in [2.45, 2.75) is 0 Å². The molecule has 0 unspecified atom stereocenters. The number of hydrogen-bond donors (Lipinski definition) is 0. The van der Waals surface area contributed by atoms with Crippen LogP contribution in [0.15, 0.2) is 54.6 Å². The van der Waals surface area contributed by atoms with Gasteiger partial charge >= 0.3 is 7.82 Å². The molecule has 0 atom stereocenters. The average Bonchev–Trinajstić information content (AvgIpc) is 2.62. The van der Waals surface area contributed by atoms with Gasteiger partial charge in [-0.1, -0.05) is 42.5 Å². The Morgan fingerprint density at radius 1 is 1.09 bits per heavy atom. The lowest BCUT2D eigenvalue weighted by Crippen LogP contribution is -1.96. The molecule has 0 bridgehead atoms. The van der Waals surface area contributed by atoms with E-state index < -0.39 is 7.82 Å². The molecule has 2 aromatic carbocycles. The van der Waals surface area contributed by atoms with Crippen molar-refractivity contribution < 1.29 is 18.1 Å². The molecule has 0 radical (unpaired) electrons. The topological polar surface area (TPSA) is 68.6 Å². The molecule has 0 amide bonds. The maximum atomic E-state index is 12.3. The Bertz CT molecular complexity index is 773. The molecule has 6 heteroatoms. The Hall–Kier alpha value is -2.38. The number of benzene rings is 2. The molecular weight excluding hydrogens is 313 g/mol. The molecule has 118 valence electrons. The first-order valence-electron chi connectivity index (χ1n) is 6.78. The van der Waals surface area contributed by atoms with E-state index in [1.165, 1.54) is 14.2 Å². The quantitative estimate of drug-likeness (QED) is 0.444. The van der Waals surface area contributed by atoms with Crippen molar-refractivity contribution >= 4 is 19.7 Å². The van der Waals surface area contributed by atoms with Crippen LogP contribution in [0.5, 0.6) is 0 Å². The molecule has 0 aliphatic heterocycles. The summed E-state index contributed by atoms with van der Waals surface area (Å²) < 4.78 is 27.5. The van der Waals surface area contributed by atoms with E-state index in [4.69, 9.17) is 18.8 Å². The number of phosphoric acid groups is 1. The van der Waals surface area contributed by atoms with Crippen LogP contribution in [0.3, 0.4) is 0 Å². The van der Waals surface area contributed by atoms with E-state index in [2.05, 4.69) is 6.07 Å². The van der Waals surface area contributed by atoms with Gasteiger partial charge in [-0.25, -0.2) is 4.57 Å². The van der Waals surface area contributed by atoms with Gasteiger partial charge in [0.25, 0.3) is 0 Å². The van der Waals surface area contributed by atoms with E-state index in [1.807, 2.05) is 30.3 Å². The second-order valence-corrected chi connectivity index (χ2v) is 6.32. The summed E-state index contributed by atoms with van der Waals surface area (Å²) in [5.41, 5.74) is 1.92. The standard InChI is InChI=1S/C17H16NO4P/c1-20-23(19,21-2)22-17(12-14-7-4-3-5-8-14)16-10-6-9-15(11-16)13-18/h3-12H,1-2H3. The highest BCUT2D eigenvalue weighted by atomic mass is 31.2. The lowest BCUT2D eigenvalue weighted by atomic mass is 10.1. The van der Waals surface area contributed by atoms with Crippen molar-refractivity contribution in [3.05, 3.63) is 71.3 Å². The van der Waals surface area contributed by atoms with Crippen LogP contribution in [0.4, 0.5) is 0 Å². The van der Waals surface area contributed by atoms with Gasteiger partial charge in [0, 0.05) is 19.8 Å². The van der Waals surface area contributed by atoms with Gasteiger partial charge in [-0.05, 0) is 23.8 Å². The van der Waals surface area contributed by atoms with Gasteiger partial charge in [-0.15, -0.1) is 0 Å². The fourth-order valence-corrected chi connectivity index (χ4v) is 2.57. The minimum atomic E-state index is -3.71. The normalized spacial score (nSPS) is 11.8. The van der Waals surface area contributed by atoms with Gasteiger partial charge < -0.3 is 4.52 Å². The molecule has 0 saturated carbocycles. The summed E-state index contributed by atoms with van der Waals surface area (Å²) in [7, 11) is -1.22. The monoisotopic (exact) mass is 329 g/mol. The zero-order valence-electron chi connectivity index (χ0n) is 12.8. The maximum absolute atomic E-state index is 12.3. The smallest absolute Gasteiger partial charge is 0.403 e. The molecule has 0 saturated heterocycles. The summed E-state index contributed by atoms with van der Waals surface area (Å²) in [5.74, 6) is 0.292. The zero-order valence-corrected chi connectivity index (χ0v) is 13.7. The molecule has 5 nitrogen and oxygen atoms in total. The predicted molar refractivity (Wildman–Crippen MR) is 88.2 cm³/mol. The van der Waals surface area contributed by atoms with E-state index in [0.717, 1.165) is 5.56 Å². The molecule has 0 aliphatic rings. The molecule has 0 aliphatic carbocycles. The van der Waals surface area contributed by atoms with E-state index in [-0.39, 0.29) is 0 Å². The molecular formula is C17H16NO4P. The van der Waals surface area contributed by atoms with E-state index in [9.17, 15) is 4.57 Å². The van der Waals surface area contributed by atoms with E-state index >= 15 is 0 Å². The third-order valence-electron chi connectivity index (χ3n) is 3.03. The van der Waals surface area contributed by atoms with Gasteiger partial charge in [-0.2, -0.15) is 5.26 Å². The van der Waals surface area contributed by atoms with E-state index in [1.54, 1.807) is 30.3 Å². The number of nitrogens with zero attached hydrogens (tertiary/aromatic N) is 1. The first-order chi connectivity index (χ1) is 11.1. The number of rotatable bonds is 6. The summed E-state index contributed by atoms with van der Waals surface area (Å²) >= 11 is 0. The molecule has 2 aromatic rings. The van der Waals surface area contributed by atoms with E-state index in [0.29, 0.717) is 16.9 Å². The van der Waals surface area contributed by atoms with Crippen LogP contribution in [0, 0.1) is 11.3 Å². The van der Waals surface area contributed by atoms with Crippen molar-refractivity contribution in [1.82, 2.24) is 0 Å². The maximum Gasteiger partial charge on any atom is 0.529 e. The fraction of sp³-hybridized carbons (Fsp3) is 0.118. The average molecular weight is 329 g/mol. The number of phosphoric ester groups is 1. The van der Waals surface area contributed by atoms with Crippen molar-refractivity contribution in [1.29, 1.82) is 5.26 Å². The molecule has 0 N–H and O–H groups in total. The Morgan fingerprint density at radius 3 is 2.39 bits per heavy atom. The molecule has 0 spiro atoms. The van der Waals surface area contributed by atoms with Crippen LogP contribution in [0.1, 0.15) is 16.7 Å². The predicted octanol–water partition coefficient (Wildman–Crippen LogP) is 4.47. The second-order valence-electron chi connectivity index (χ2n) is 4.52. The zero-order chi connectivity index (χ0) is 16.7. The largest absolute Gasteiger partial charge is 0.529 e. The third-order valence-corrected chi connectivity index (χ3v) is 4.35. The first kappa shape index (κ1) is 17.0. The van der Waals surface area contributed by atoms with Crippen molar-refractivity contribution in [2.24, 2.45) is 0 Å². The number of nitriles is 1. The minimum Gasteiger partial charge on any atom is -0.403 e. The summed E-state index contributed by atoms with van der Waals surface area (Å²) in [6.45, 7) is 0. The van der Waals surface area contributed by atoms with Gasteiger partial charge in [0.05, 0.1) is 11.6 Å². The molecule has 0 fully saturated rings. The highest BCUT2D eigenvalue weighted by molar-refractivity contribution is 7.48. The molecule has 23 heavy (non-hydrogen) atoms. The molecule has 0 aromatic heterocycles. The van der Waals surface area contributed by atoms with Crippen molar-refractivity contribution in [3.8, 4) is 6.07 Å². The fourth-order valence-electron chi connectivity index (χ4n) is 1.87. The first-order valence-corrected chi connectivity index (χ1v) is 8.24. The summed E-state index contributed by atoms with van der Waals surface area (Å²) in [5, 5.41) is 9.04. The number of hydrogen-bond acceptors (Lipinski definition) is 5. The molecule has 2 rings (SSSR count). The van der Waals surface area contributed by atoms with Crippen LogP contribution in [0.2, 0.25) is 0 Å². The van der Waals surface area contributed by atoms with Gasteiger partial charge in [-0.3, -0.25) is 9.05 Å².